The second-order valence-electron chi connectivity index (χ2n) is 5.82. The fraction of sp³-hybridized carbons (Fsp3) is 0.389. The first-order chi connectivity index (χ1) is 11.4. The van der Waals surface area contributed by atoms with Gasteiger partial charge in [0.1, 0.15) is 0 Å². The van der Waals surface area contributed by atoms with Crippen LogP contribution in [0.15, 0.2) is 47.4 Å². The molecular weight excluding hydrogens is 324 g/mol. The number of benzene rings is 2. The largest absolute Gasteiger partial charge is 0.353 e. The minimum absolute atomic E-state index is 0.0274. The molecule has 0 radical (unpaired) electrons. The van der Waals surface area contributed by atoms with Gasteiger partial charge in [-0.2, -0.15) is 4.31 Å². The average molecular weight is 348 g/mol. The maximum Gasteiger partial charge on any atom is 0.243 e. The number of nitrogens with zero attached hydrogens (tertiary/aromatic N) is 1. The first-order valence-electron chi connectivity index (χ1n) is 8.16. The molecule has 6 heteroatoms. The van der Waals surface area contributed by atoms with Crippen molar-refractivity contribution in [1.29, 1.82) is 0 Å². The number of fused-ring (bicyclic) bond motifs is 1. The molecule has 0 unspecified atom stereocenters. The van der Waals surface area contributed by atoms with Gasteiger partial charge in [-0.05, 0) is 36.2 Å². The van der Waals surface area contributed by atoms with Crippen LogP contribution >= 0.6 is 0 Å². The van der Waals surface area contributed by atoms with Gasteiger partial charge in [-0.3, -0.25) is 4.79 Å². The van der Waals surface area contributed by atoms with Gasteiger partial charge in [0.05, 0.1) is 11.4 Å². The van der Waals surface area contributed by atoms with Crippen LogP contribution in [0, 0.1) is 0 Å². The van der Waals surface area contributed by atoms with Gasteiger partial charge in [0, 0.05) is 12.6 Å². The second-order valence-corrected chi connectivity index (χ2v) is 7.75. The number of hydrogen-bond acceptors (Lipinski definition) is 3. The Balaban J connectivity index is 2.26. The molecule has 2 aromatic carbocycles. The smallest absolute Gasteiger partial charge is 0.243 e. The summed E-state index contributed by atoms with van der Waals surface area (Å²) >= 11 is 0. The van der Waals surface area contributed by atoms with E-state index in [9.17, 15) is 13.2 Å². The van der Waals surface area contributed by atoms with Crippen molar-refractivity contribution < 1.29 is 13.2 Å². The van der Waals surface area contributed by atoms with Crippen molar-refractivity contribution in [2.75, 3.05) is 13.1 Å². The lowest BCUT2D eigenvalue weighted by Crippen LogP contribution is -2.43. The highest BCUT2D eigenvalue weighted by Gasteiger charge is 2.25. The molecular formula is C18H24N2O3S. The van der Waals surface area contributed by atoms with Gasteiger partial charge in [0.2, 0.25) is 15.9 Å². The number of carbonyl (C=O) groups is 1. The van der Waals surface area contributed by atoms with Crippen molar-refractivity contribution in [2.24, 2.45) is 0 Å². The zero-order chi connectivity index (χ0) is 17.7. The minimum Gasteiger partial charge on any atom is -0.353 e. The van der Waals surface area contributed by atoms with Crippen molar-refractivity contribution in [1.82, 2.24) is 9.62 Å². The lowest BCUT2D eigenvalue weighted by molar-refractivity contribution is -0.121. The fourth-order valence-corrected chi connectivity index (χ4v) is 3.87. The highest BCUT2D eigenvalue weighted by Crippen LogP contribution is 2.21. The molecule has 0 spiro atoms. The molecule has 130 valence electrons. The number of amides is 1. The topological polar surface area (TPSA) is 66.5 Å². The lowest BCUT2D eigenvalue weighted by Gasteiger charge is -2.21. The number of hydrogen-bond donors (Lipinski definition) is 1. The van der Waals surface area contributed by atoms with E-state index in [2.05, 4.69) is 5.32 Å². The average Bonchev–Trinajstić information content (AvgIpc) is 2.58. The van der Waals surface area contributed by atoms with E-state index >= 15 is 0 Å². The summed E-state index contributed by atoms with van der Waals surface area (Å²) in [4.78, 5) is 12.3. The van der Waals surface area contributed by atoms with Crippen LogP contribution in [-0.4, -0.2) is 37.8 Å². The van der Waals surface area contributed by atoms with E-state index in [1.54, 1.807) is 25.1 Å². The van der Waals surface area contributed by atoms with E-state index in [-0.39, 0.29) is 29.9 Å². The van der Waals surface area contributed by atoms with Crippen LogP contribution in [-0.2, 0) is 14.8 Å². The molecule has 1 N–H and O–H groups in total. The molecule has 0 fully saturated rings. The van der Waals surface area contributed by atoms with Crippen LogP contribution in [0.4, 0.5) is 0 Å². The molecule has 0 saturated carbocycles. The van der Waals surface area contributed by atoms with Crippen molar-refractivity contribution in [2.45, 2.75) is 38.1 Å². The van der Waals surface area contributed by atoms with E-state index < -0.39 is 10.0 Å². The SMILES string of the molecule is CC[C@H](C)NC(=O)CN(CC)S(=O)(=O)c1ccc2ccccc2c1. The highest BCUT2D eigenvalue weighted by molar-refractivity contribution is 7.89. The fourth-order valence-electron chi connectivity index (χ4n) is 2.43. The van der Waals surface area contributed by atoms with Gasteiger partial charge >= 0.3 is 0 Å². The molecule has 0 aromatic heterocycles. The number of nitrogens with one attached hydrogen (secondary N) is 1. The summed E-state index contributed by atoms with van der Waals surface area (Å²) in [5.41, 5.74) is 0. The maximum absolute atomic E-state index is 12.8. The van der Waals surface area contributed by atoms with Crippen LogP contribution in [0.2, 0.25) is 0 Å². The Morgan fingerprint density at radius 3 is 2.42 bits per heavy atom. The molecule has 0 heterocycles. The van der Waals surface area contributed by atoms with Crippen LogP contribution < -0.4 is 5.32 Å². The molecule has 0 saturated heterocycles. The van der Waals surface area contributed by atoms with E-state index in [4.69, 9.17) is 0 Å². The molecule has 24 heavy (non-hydrogen) atoms. The number of sulfonamides is 1. The quantitative estimate of drug-likeness (QED) is 0.837. The third-order valence-electron chi connectivity index (χ3n) is 4.05. The molecule has 0 aliphatic carbocycles. The maximum atomic E-state index is 12.8. The Morgan fingerprint density at radius 2 is 1.79 bits per heavy atom. The van der Waals surface area contributed by atoms with Gasteiger partial charge in [0.25, 0.3) is 0 Å². The number of rotatable bonds is 7. The summed E-state index contributed by atoms with van der Waals surface area (Å²) < 4.78 is 26.9. The summed E-state index contributed by atoms with van der Waals surface area (Å²) in [5.74, 6) is -0.282. The molecule has 0 aliphatic rings. The molecule has 5 nitrogen and oxygen atoms in total. The Kier molecular flexibility index (Phi) is 5.96. The summed E-state index contributed by atoms with van der Waals surface area (Å²) in [6.45, 7) is 5.66. The normalized spacial score (nSPS) is 13.2. The van der Waals surface area contributed by atoms with Gasteiger partial charge < -0.3 is 5.32 Å². The third kappa shape index (κ3) is 4.13. The second kappa shape index (κ2) is 7.77. The summed E-state index contributed by atoms with van der Waals surface area (Å²) in [5, 5.41) is 4.64. The monoisotopic (exact) mass is 348 g/mol. The minimum atomic E-state index is -3.71. The van der Waals surface area contributed by atoms with Gasteiger partial charge in [-0.25, -0.2) is 8.42 Å². The first-order valence-corrected chi connectivity index (χ1v) is 9.60. The van der Waals surface area contributed by atoms with E-state index in [1.807, 2.05) is 38.1 Å². The molecule has 2 aromatic rings. The molecule has 2 rings (SSSR count). The summed E-state index contributed by atoms with van der Waals surface area (Å²) in [6.07, 6.45) is 0.801. The Hall–Kier alpha value is -1.92. The molecule has 0 bridgehead atoms. The van der Waals surface area contributed by atoms with Gasteiger partial charge in [0.15, 0.2) is 0 Å². The van der Waals surface area contributed by atoms with Crippen LogP contribution in [0.25, 0.3) is 10.8 Å². The third-order valence-corrected chi connectivity index (χ3v) is 5.97. The van der Waals surface area contributed by atoms with E-state index in [0.29, 0.717) is 0 Å². The van der Waals surface area contributed by atoms with E-state index in [0.717, 1.165) is 17.2 Å². The Labute approximate surface area is 143 Å². The lowest BCUT2D eigenvalue weighted by atomic mass is 10.1. The van der Waals surface area contributed by atoms with Crippen molar-refractivity contribution in [3.8, 4) is 0 Å². The first kappa shape index (κ1) is 18.4. The zero-order valence-corrected chi connectivity index (χ0v) is 15.1. The van der Waals surface area contributed by atoms with E-state index in [1.165, 1.54) is 4.31 Å². The predicted octanol–water partition coefficient (Wildman–Crippen LogP) is 2.77. The predicted molar refractivity (Wildman–Crippen MR) is 96.3 cm³/mol. The number of likely N-dealkylation sites (N-methyl/N-ethyl adjacent to an activating group) is 1. The van der Waals surface area contributed by atoms with Crippen molar-refractivity contribution >= 4 is 26.7 Å². The van der Waals surface area contributed by atoms with Crippen LogP contribution in [0.1, 0.15) is 27.2 Å². The standard InChI is InChI=1S/C18H24N2O3S/c1-4-14(3)19-18(21)13-20(5-2)24(22,23)17-11-10-15-8-6-7-9-16(15)12-17/h6-12,14H,4-5,13H2,1-3H3,(H,19,21)/t14-/m0/s1. The van der Waals surface area contributed by atoms with Crippen molar-refractivity contribution in [3.63, 3.8) is 0 Å². The van der Waals surface area contributed by atoms with Gasteiger partial charge in [-0.1, -0.05) is 44.2 Å². The summed E-state index contributed by atoms with van der Waals surface area (Å²) in [7, 11) is -3.71. The zero-order valence-electron chi connectivity index (χ0n) is 14.3. The molecule has 1 amide bonds. The van der Waals surface area contributed by atoms with Crippen LogP contribution in [0.3, 0.4) is 0 Å². The van der Waals surface area contributed by atoms with Crippen LogP contribution in [0.5, 0.6) is 0 Å². The van der Waals surface area contributed by atoms with Gasteiger partial charge in [-0.15, -0.1) is 0 Å². The number of carbonyl (C=O) groups excluding carboxylic acids is 1. The molecule has 1 atom stereocenters. The Morgan fingerprint density at radius 1 is 1.12 bits per heavy atom. The highest BCUT2D eigenvalue weighted by atomic mass is 32.2. The Bertz CT molecular complexity index is 818. The van der Waals surface area contributed by atoms with Crippen molar-refractivity contribution in [3.05, 3.63) is 42.5 Å². The molecule has 0 aliphatic heterocycles. The summed E-state index contributed by atoms with van der Waals surface area (Å²) in [6, 6.07) is 12.6.